The summed E-state index contributed by atoms with van der Waals surface area (Å²) in [4.78, 5) is 0. The number of nitrogens with zero attached hydrogens (tertiary/aromatic N) is 2. The van der Waals surface area contributed by atoms with Gasteiger partial charge in [-0.05, 0) is 154 Å². The average Bonchev–Trinajstić information content (AvgIpc) is 3.58. The SMILES string of the molecule is C1CCC([PH+](C2CCCCC2)C2CCCCC2)CC1.Cc1cc(C)c(-n2ccn(-c3c(C)cc(C)cc3C)[cH+]2)c(C)c1.[Cl][Ru]([Cl])=[CH]c1ccccc1. The number of aryl methyl sites for hydroxylation is 6. The molecular formula is C46H65Cl2N2PRu+2. The number of hydrogen-bond acceptors (Lipinski definition) is 0. The molecule has 0 N–H and O–H groups in total. The molecule has 0 unspecified atom stereocenters. The van der Waals surface area contributed by atoms with Crippen molar-refractivity contribution in [2.75, 3.05) is 0 Å². The van der Waals surface area contributed by atoms with Crippen LogP contribution in [0.1, 0.15) is 135 Å². The molecule has 7 rings (SSSR count). The molecule has 4 aromatic rings. The molecule has 0 aliphatic heterocycles. The molecule has 0 amide bonds. The van der Waals surface area contributed by atoms with Crippen LogP contribution < -0.4 is 0 Å². The third-order valence-corrected chi connectivity index (χ3v) is 18.1. The number of rotatable bonds is 6. The Hall–Kier alpha value is -1.63. The minimum absolute atomic E-state index is 0.0465. The van der Waals surface area contributed by atoms with E-state index < -0.39 is 13.5 Å². The van der Waals surface area contributed by atoms with Gasteiger partial charge in [0.15, 0.2) is 6.33 Å². The monoisotopic (exact) mass is 848 g/mol. The van der Waals surface area contributed by atoms with Gasteiger partial charge in [0.25, 0.3) is 0 Å². The van der Waals surface area contributed by atoms with Crippen LogP contribution >= 0.6 is 27.3 Å². The summed E-state index contributed by atoms with van der Waals surface area (Å²) >= 11 is -1.61. The molecule has 0 radical (unpaired) electrons. The number of hydrogen-bond donors (Lipinski definition) is 0. The number of aromatic nitrogens is 2. The van der Waals surface area contributed by atoms with E-state index in [0.29, 0.717) is 0 Å². The van der Waals surface area contributed by atoms with Crippen LogP contribution in [0, 0.1) is 41.5 Å². The van der Waals surface area contributed by atoms with Gasteiger partial charge in [-0.1, -0.05) is 19.3 Å². The fourth-order valence-electron chi connectivity index (χ4n) is 9.70. The molecule has 3 saturated carbocycles. The van der Waals surface area contributed by atoms with E-state index in [2.05, 4.69) is 93.7 Å². The van der Waals surface area contributed by atoms with E-state index in [9.17, 15) is 0 Å². The second-order valence-corrected chi connectivity index (χ2v) is 25.1. The first kappa shape index (κ1) is 41.5. The van der Waals surface area contributed by atoms with Crippen molar-refractivity contribution in [2.24, 2.45) is 0 Å². The molecule has 284 valence electrons. The van der Waals surface area contributed by atoms with E-state index in [1.165, 1.54) is 61.7 Å². The summed E-state index contributed by atoms with van der Waals surface area (Å²) in [5.74, 6) is 0. The Labute approximate surface area is 331 Å². The van der Waals surface area contributed by atoms with Crippen molar-refractivity contribution in [2.45, 2.75) is 155 Å². The third-order valence-electron chi connectivity index (χ3n) is 11.6. The Morgan fingerprint density at radius 3 is 1.23 bits per heavy atom. The van der Waals surface area contributed by atoms with E-state index >= 15 is 0 Å². The molecule has 2 nitrogen and oxygen atoms in total. The Bertz CT molecular complexity index is 1570. The van der Waals surface area contributed by atoms with E-state index in [-0.39, 0.29) is 7.92 Å². The van der Waals surface area contributed by atoms with Crippen molar-refractivity contribution in [1.29, 1.82) is 0 Å². The van der Waals surface area contributed by atoms with Gasteiger partial charge in [-0.15, -0.1) is 0 Å². The molecule has 1 aromatic heterocycles. The van der Waals surface area contributed by atoms with Crippen LogP contribution in [0.4, 0.5) is 0 Å². The first-order valence-corrected chi connectivity index (χ1v) is 27.3. The van der Waals surface area contributed by atoms with Crippen molar-refractivity contribution in [1.82, 2.24) is 9.13 Å². The molecular weight excluding hydrogens is 783 g/mol. The number of halogens is 2. The van der Waals surface area contributed by atoms with Gasteiger partial charge in [-0.25, -0.2) is 9.13 Å². The third kappa shape index (κ3) is 11.9. The summed E-state index contributed by atoms with van der Waals surface area (Å²) < 4.78 is 6.37. The molecule has 1 heterocycles. The predicted molar refractivity (Wildman–Crippen MR) is 230 cm³/mol. The summed E-state index contributed by atoms with van der Waals surface area (Å²) in [5.41, 5.74) is 15.2. The zero-order chi connectivity index (χ0) is 37.0. The van der Waals surface area contributed by atoms with Crippen LogP contribution in [0.15, 0.2) is 73.3 Å². The molecule has 3 aliphatic carbocycles. The second kappa shape index (κ2) is 20.9. The summed E-state index contributed by atoms with van der Waals surface area (Å²) in [6.45, 7) is 13.0. The average molecular weight is 849 g/mol. The zero-order valence-corrected chi connectivity index (χ0v) is 37.1. The number of benzene rings is 3. The summed E-state index contributed by atoms with van der Waals surface area (Å²) in [7, 11) is 11.3. The van der Waals surface area contributed by atoms with Gasteiger partial charge < -0.3 is 0 Å². The van der Waals surface area contributed by atoms with E-state index in [1.54, 1.807) is 96.3 Å². The van der Waals surface area contributed by atoms with Crippen LogP contribution in [0.3, 0.4) is 0 Å². The molecule has 0 spiro atoms. The minimum atomic E-state index is -1.61. The van der Waals surface area contributed by atoms with Gasteiger partial charge in [0.2, 0.25) is 0 Å². The molecule has 6 heteroatoms. The van der Waals surface area contributed by atoms with Crippen molar-refractivity contribution < 1.29 is 13.5 Å². The van der Waals surface area contributed by atoms with E-state index in [0.717, 1.165) is 5.56 Å². The predicted octanol–water partition coefficient (Wildman–Crippen LogP) is 14.4. The quantitative estimate of drug-likeness (QED) is 0.104. The van der Waals surface area contributed by atoms with Crippen LogP contribution in [-0.4, -0.2) is 30.7 Å². The van der Waals surface area contributed by atoms with Crippen LogP contribution in [-0.2, 0) is 13.5 Å². The van der Waals surface area contributed by atoms with Gasteiger partial charge in [0.1, 0.15) is 23.8 Å². The van der Waals surface area contributed by atoms with Gasteiger partial charge in [-0.3, -0.25) is 0 Å². The van der Waals surface area contributed by atoms with Gasteiger partial charge in [0, 0.05) is 30.2 Å². The van der Waals surface area contributed by atoms with Gasteiger partial charge >= 0.3 is 73.4 Å². The topological polar surface area (TPSA) is 9.86 Å². The Balaban J connectivity index is 0.000000162. The molecule has 0 bridgehead atoms. The fraction of sp³-hybridized carbons (Fsp3) is 0.522. The fourth-order valence-corrected chi connectivity index (χ4v) is 16.7. The van der Waals surface area contributed by atoms with Crippen molar-refractivity contribution in [3.05, 3.63) is 112 Å². The Morgan fingerprint density at radius 2 is 0.904 bits per heavy atom. The van der Waals surface area contributed by atoms with Gasteiger partial charge in [0.05, 0.1) is 17.0 Å². The summed E-state index contributed by atoms with van der Waals surface area (Å²) in [6, 6.07) is 18.9. The molecule has 3 aliphatic rings. The molecule has 0 atom stereocenters. The maximum absolute atomic E-state index is 5.67. The normalized spacial score (nSPS) is 17.5. The Morgan fingerprint density at radius 1 is 0.558 bits per heavy atom. The van der Waals surface area contributed by atoms with Gasteiger partial charge in [-0.2, -0.15) is 0 Å². The molecule has 0 saturated heterocycles. The van der Waals surface area contributed by atoms with E-state index in [1.807, 2.05) is 34.9 Å². The van der Waals surface area contributed by atoms with Crippen molar-refractivity contribution >= 4 is 31.9 Å². The molecule has 3 aromatic carbocycles. The van der Waals surface area contributed by atoms with Crippen LogP contribution in [0.2, 0.25) is 0 Å². The van der Waals surface area contributed by atoms with E-state index in [4.69, 9.17) is 19.4 Å². The van der Waals surface area contributed by atoms with Crippen molar-refractivity contribution in [3.63, 3.8) is 0 Å². The molecule has 3 fully saturated rings. The van der Waals surface area contributed by atoms with Crippen LogP contribution in [0.5, 0.6) is 0 Å². The number of imidazole rings is 1. The first-order valence-electron chi connectivity index (χ1n) is 20.1. The zero-order valence-electron chi connectivity index (χ0n) is 32.8. The standard InChI is InChI=1S/C21H25N2.C18H33P.C7H6.2ClH.Ru/c1-14-9-16(3)20(17(4)10-14)22-7-8-23(13-22)21-18(5)11-15(2)12-19(21)6;1-4-10-16(11-5-1)19(17-12-6-2-7-13-17)18-14-8-3-9-15-18;1-7-5-3-2-4-6-7;;;/h7-13H,1-6H3;16-18H,1-15H2;1-6H;2*1H;/q+1;;;;;+2/p-1. The van der Waals surface area contributed by atoms with Crippen molar-refractivity contribution in [3.8, 4) is 11.4 Å². The van der Waals surface area contributed by atoms with Crippen LogP contribution in [0.25, 0.3) is 11.4 Å². The maximum atomic E-state index is 5.67. The first-order chi connectivity index (χ1) is 25.1. The molecule has 52 heavy (non-hydrogen) atoms. The Kier molecular flexibility index (Phi) is 16.7. The summed E-state index contributed by atoms with van der Waals surface area (Å²) in [6.07, 6.45) is 30.3. The second-order valence-electron chi connectivity index (χ2n) is 15.9. The summed E-state index contributed by atoms with van der Waals surface area (Å²) in [5, 5.41) is 0.